The van der Waals surface area contributed by atoms with E-state index in [4.69, 9.17) is 40.0 Å². The van der Waals surface area contributed by atoms with Crippen molar-refractivity contribution in [2.45, 2.75) is 62.7 Å². The topological polar surface area (TPSA) is 75.6 Å². The molecule has 4 fully saturated rings. The number of halogens is 1. The second kappa shape index (κ2) is 9.97. The largest absolute Gasteiger partial charge is 0.488 e. The van der Waals surface area contributed by atoms with Crippen molar-refractivity contribution in [1.82, 2.24) is 0 Å². The van der Waals surface area contributed by atoms with Gasteiger partial charge in [0.1, 0.15) is 12.4 Å². The Hall–Kier alpha value is -1.19. The van der Waals surface area contributed by atoms with Crippen molar-refractivity contribution in [3.05, 3.63) is 41.4 Å². The van der Waals surface area contributed by atoms with Gasteiger partial charge in [-0.2, -0.15) is 0 Å². The Morgan fingerprint density at radius 1 is 1.09 bits per heavy atom. The average Bonchev–Trinajstić information content (AvgIpc) is 3.48. The Morgan fingerprint density at radius 3 is 2.66 bits per heavy atom. The molecule has 0 spiro atoms. The molecule has 7 nitrogen and oxygen atoms in total. The third-order valence-corrected chi connectivity index (χ3v) is 6.99. The van der Waals surface area contributed by atoms with Gasteiger partial charge in [0.25, 0.3) is 0 Å². The van der Waals surface area contributed by atoms with Crippen LogP contribution < -0.4 is 4.74 Å². The van der Waals surface area contributed by atoms with E-state index in [1.165, 1.54) is 0 Å². The first kappa shape index (κ1) is 22.6. The number of hydrogen-bond donors (Lipinski definition) is 1. The van der Waals surface area contributed by atoms with Crippen LogP contribution in [-0.4, -0.2) is 62.1 Å². The van der Waals surface area contributed by atoms with Crippen molar-refractivity contribution in [1.29, 1.82) is 0 Å². The predicted molar refractivity (Wildman–Crippen MR) is 116 cm³/mol. The van der Waals surface area contributed by atoms with Gasteiger partial charge in [-0.1, -0.05) is 17.7 Å². The van der Waals surface area contributed by atoms with E-state index in [1.807, 2.05) is 18.2 Å². The van der Waals surface area contributed by atoms with Gasteiger partial charge in [0.05, 0.1) is 25.4 Å². The molecule has 1 saturated carbocycles. The fraction of sp³-hybridized carbons (Fsp3) is 0.667. The molecular formula is C24H31ClO7. The molecule has 3 aliphatic heterocycles. The molecule has 1 aliphatic carbocycles. The van der Waals surface area contributed by atoms with Crippen molar-refractivity contribution in [2.75, 3.05) is 26.4 Å². The highest BCUT2D eigenvalue weighted by Crippen LogP contribution is 2.46. The minimum atomic E-state index is -0.957. The summed E-state index contributed by atoms with van der Waals surface area (Å²) in [5.41, 5.74) is 0. The van der Waals surface area contributed by atoms with Crippen molar-refractivity contribution >= 4 is 11.6 Å². The Balaban J connectivity index is 1.29. The molecule has 32 heavy (non-hydrogen) atoms. The van der Waals surface area contributed by atoms with Crippen LogP contribution in [0.2, 0.25) is 5.02 Å². The van der Waals surface area contributed by atoms with Gasteiger partial charge in [-0.15, -0.1) is 0 Å². The smallest absolute Gasteiger partial charge is 0.223 e. The minimum absolute atomic E-state index is 0.0140. The zero-order valence-electron chi connectivity index (χ0n) is 18.1. The summed E-state index contributed by atoms with van der Waals surface area (Å²) >= 11 is 5.96. The van der Waals surface area contributed by atoms with E-state index < -0.39 is 12.1 Å². The molecule has 0 amide bonds. The van der Waals surface area contributed by atoms with Gasteiger partial charge in [-0.3, -0.25) is 0 Å². The van der Waals surface area contributed by atoms with Crippen molar-refractivity contribution in [3.8, 4) is 5.75 Å². The normalized spacial score (nSPS) is 36.6. The van der Waals surface area contributed by atoms with Crippen LogP contribution in [0.3, 0.4) is 0 Å². The van der Waals surface area contributed by atoms with Crippen molar-refractivity contribution < 1.29 is 33.5 Å². The maximum absolute atomic E-state index is 10.0. The minimum Gasteiger partial charge on any atom is -0.488 e. The average molecular weight is 467 g/mol. The number of ether oxygens (including phenoxy) is 6. The molecule has 1 aromatic rings. The number of fused-ring (bicyclic) bond motifs is 1. The van der Waals surface area contributed by atoms with E-state index in [9.17, 15) is 5.11 Å². The van der Waals surface area contributed by atoms with Gasteiger partial charge in [0.15, 0.2) is 12.6 Å². The molecule has 3 heterocycles. The van der Waals surface area contributed by atoms with Gasteiger partial charge in [-0.05, 0) is 55.5 Å². The van der Waals surface area contributed by atoms with Crippen LogP contribution in [0.4, 0.5) is 0 Å². The molecule has 2 unspecified atom stereocenters. The highest BCUT2D eigenvalue weighted by Gasteiger charge is 2.50. The standard InChI is InChI=1S/C24H31ClO7/c25-16-4-6-17(7-5-16)28-15-24(29-11-12-30-24)9-8-18-19-13-22(26)31-21(19)14-20(18)32-23-3-1-2-10-27-23/h4-9,18-23,26H,1-3,10-15H2/b9-8+/t18-,19-,20-,21+,22?,23?/m1/s1. The van der Waals surface area contributed by atoms with Crippen LogP contribution in [0.5, 0.6) is 5.75 Å². The lowest BCUT2D eigenvalue weighted by molar-refractivity contribution is -0.196. The Labute approximate surface area is 193 Å². The number of aliphatic hydroxyl groups excluding tert-OH is 1. The molecule has 8 heteroatoms. The molecule has 176 valence electrons. The molecule has 3 saturated heterocycles. The molecule has 0 bridgehead atoms. The van der Waals surface area contributed by atoms with E-state index in [1.54, 1.807) is 12.1 Å². The summed E-state index contributed by atoms with van der Waals surface area (Å²) in [7, 11) is 0. The first-order valence-electron chi connectivity index (χ1n) is 11.6. The van der Waals surface area contributed by atoms with E-state index in [0.717, 1.165) is 32.3 Å². The van der Waals surface area contributed by atoms with Crippen LogP contribution >= 0.6 is 11.6 Å². The number of benzene rings is 1. The van der Waals surface area contributed by atoms with Crippen molar-refractivity contribution in [3.63, 3.8) is 0 Å². The molecule has 4 aliphatic rings. The summed E-state index contributed by atoms with van der Waals surface area (Å²) in [6.07, 6.45) is 7.58. The monoisotopic (exact) mass is 466 g/mol. The van der Waals surface area contributed by atoms with Gasteiger partial charge in [0.2, 0.25) is 5.79 Å². The Bertz CT molecular complexity index is 773. The maximum atomic E-state index is 10.0. The Kier molecular flexibility index (Phi) is 7.04. The van der Waals surface area contributed by atoms with Crippen LogP contribution in [0.25, 0.3) is 0 Å². The van der Waals surface area contributed by atoms with Gasteiger partial charge in [-0.25, -0.2) is 0 Å². The lowest BCUT2D eigenvalue weighted by Gasteiger charge is -2.30. The molecule has 1 aromatic carbocycles. The van der Waals surface area contributed by atoms with Gasteiger partial charge >= 0.3 is 0 Å². The van der Waals surface area contributed by atoms with E-state index in [-0.39, 0.29) is 36.9 Å². The SMILES string of the molecule is OC1C[C@@H]2[C@@H](/C=C/C3(COc4ccc(Cl)cc4)OCCO3)[C@H](OC3CCCCO3)C[C@@H]2O1. The molecule has 1 N–H and O–H groups in total. The molecule has 6 atom stereocenters. The van der Waals surface area contributed by atoms with E-state index in [0.29, 0.717) is 30.4 Å². The summed E-state index contributed by atoms with van der Waals surface area (Å²) in [6.45, 7) is 1.97. The molecule has 5 rings (SSSR count). The second-order valence-electron chi connectivity index (χ2n) is 8.92. The van der Waals surface area contributed by atoms with E-state index in [2.05, 4.69) is 6.08 Å². The predicted octanol–water partition coefficient (Wildman–Crippen LogP) is 3.67. The molecule has 0 aromatic heterocycles. The van der Waals surface area contributed by atoms with Crippen LogP contribution in [0, 0.1) is 11.8 Å². The summed E-state index contributed by atoms with van der Waals surface area (Å²) in [5.74, 6) is 0.000322. The molecular weight excluding hydrogens is 436 g/mol. The van der Waals surface area contributed by atoms with E-state index >= 15 is 0 Å². The quantitative estimate of drug-likeness (QED) is 0.614. The lowest BCUT2D eigenvalue weighted by atomic mass is 9.91. The summed E-state index contributed by atoms with van der Waals surface area (Å²) in [5, 5.41) is 10.7. The fourth-order valence-corrected chi connectivity index (χ4v) is 5.26. The van der Waals surface area contributed by atoms with Gasteiger partial charge < -0.3 is 33.5 Å². The maximum Gasteiger partial charge on any atom is 0.223 e. The number of rotatable bonds is 7. The van der Waals surface area contributed by atoms with Crippen LogP contribution in [0.15, 0.2) is 36.4 Å². The lowest BCUT2D eigenvalue weighted by Crippen LogP contribution is -2.36. The highest BCUT2D eigenvalue weighted by molar-refractivity contribution is 6.30. The first-order chi connectivity index (χ1) is 15.6. The van der Waals surface area contributed by atoms with Crippen LogP contribution in [-0.2, 0) is 23.7 Å². The molecule has 0 radical (unpaired) electrons. The summed E-state index contributed by atoms with van der Waals surface area (Å²) < 4.78 is 35.8. The number of hydrogen-bond acceptors (Lipinski definition) is 7. The summed E-state index contributed by atoms with van der Waals surface area (Å²) in [6, 6.07) is 7.22. The number of aliphatic hydroxyl groups is 1. The highest BCUT2D eigenvalue weighted by atomic mass is 35.5. The second-order valence-corrected chi connectivity index (χ2v) is 9.36. The zero-order valence-corrected chi connectivity index (χ0v) is 18.8. The third kappa shape index (κ3) is 5.14. The fourth-order valence-electron chi connectivity index (χ4n) is 5.14. The summed E-state index contributed by atoms with van der Waals surface area (Å²) in [4.78, 5) is 0. The Morgan fingerprint density at radius 2 is 1.91 bits per heavy atom. The van der Waals surface area contributed by atoms with Gasteiger partial charge in [0, 0.05) is 30.4 Å². The first-order valence-corrected chi connectivity index (χ1v) is 11.9. The third-order valence-electron chi connectivity index (χ3n) is 6.74. The van der Waals surface area contributed by atoms with Crippen LogP contribution in [0.1, 0.15) is 32.1 Å². The van der Waals surface area contributed by atoms with Crippen molar-refractivity contribution in [2.24, 2.45) is 11.8 Å². The zero-order chi connectivity index (χ0) is 22.0.